The van der Waals surface area contributed by atoms with E-state index in [0.29, 0.717) is 22.4 Å². The number of nitrogens with zero attached hydrogens (tertiary/aromatic N) is 1. The van der Waals surface area contributed by atoms with Gasteiger partial charge in [-0.2, -0.15) is 4.31 Å². The third-order valence-corrected chi connectivity index (χ3v) is 5.92. The van der Waals surface area contributed by atoms with Gasteiger partial charge in [-0.15, -0.1) is 0 Å². The van der Waals surface area contributed by atoms with Crippen molar-refractivity contribution in [2.45, 2.75) is 18.7 Å². The second-order valence-corrected chi connectivity index (χ2v) is 8.29. The molecule has 144 valence electrons. The number of benzene rings is 3. The quantitative estimate of drug-likeness (QED) is 0.595. The molecule has 0 saturated carbocycles. The Morgan fingerprint density at radius 2 is 1.57 bits per heavy atom. The van der Waals surface area contributed by atoms with Crippen LogP contribution < -0.4 is 9.04 Å². The number of carbonyl (C=O) groups excluding carboxylic acids is 1. The average molecular weight is 395 g/mol. The third kappa shape index (κ3) is 3.77. The summed E-state index contributed by atoms with van der Waals surface area (Å²) in [5.41, 5.74) is 1.02. The van der Waals surface area contributed by atoms with E-state index in [9.17, 15) is 13.2 Å². The molecule has 0 bridgehead atoms. The van der Waals surface area contributed by atoms with Crippen LogP contribution in [0.4, 0.5) is 5.69 Å². The molecule has 0 aliphatic heterocycles. The Labute approximate surface area is 164 Å². The molecule has 3 rings (SSSR count). The van der Waals surface area contributed by atoms with Crippen LogP contribution in [-0.2, 0) is 14.8 Å². The van der Waals surface area contributed by atoms with Gasteiger partial charge in [-0.1, -0.05) is 42.0 Å². The number of allylic oxidation sites excluding steroid dienone is 1. The Morgan fingerprint density at radius 3 is 2.21 bits per heavy atom. The Bertz CT molecular complexity index is 1140. The molecular formula is C22H21NO4S. The number of sulfonamides is 1. The van der Waals surface area contributed by atoms with E-state index in [1.165, 1.54) is 25.3 Å². The second kappa shape index (κ2) is 7.86. The largest absolute Gasteiger partial charge is 0.497 e. The molecule has 6 heteroatoms. The number of carbonyl (C=O) groups is 1. The van der Waals surface area contributed by atoms with Crippen molar-refractivity contribution in [3.05, 3.63) is 78.4 Å². The summed E-state index contributed by atoms with van der Waals surface area (Å²) in [5, 5.41) is 1.53. The van der Waals surface area contributed by atoms with Crippen molar-refractivity contribution in [2.75, 3.05) is 11.4 Å². The summed E-state index contributed by atoms with van der Waals surface area (Å²) in [6.45, 7) is 3.50. The number of hydrogen-bond donors (Lipinski definition) is 0. The van der Waals surface area contributed by atoms with Crippen molar-refractivity contribution in [3.63, 3.8) is 0 Å². The van der Waals surface area contributed by atoms with Gasteiger partial charge in [-0.05, 0) is 49.6 Å². The summed E-state index contributed by atoms with van der Waals surface area (Å²) in [4.78, 5) is 13.0. The molecule has 0 fully saturated rings. The third-order valence-electron chi connectivity index (χ3n) is 4.20. The molecule has 0 atom stereocenters. The maximum atomic E-state index is 13.4. The molecule has 0 aromatic heterocycles. The number of methoxy groups -OCH3 is 1. The van der Waals surface area contributed by atoms with Crippen molar-refractivity contribution in [1.82, 2.24) is 0 Å². The Kier molecular flexibility index (Phi) is 5.51. The van der Waals surface area contributed by atoms with Crippen LogP contribution in [0.25, 0.3) is 10.8 Å². The Morgan fingerprint density at radius 1 is 0.929 bits per heavy atom. The zero-order valence-corrected chi connectivity index (χ0v) is 16.7. The second-order valence-electron chi connectivity index (χ2n) is 6.50. The number of ether oxygens (including phenoxy) is 1. The predicted octanol–water partition coefficient (Wildman–Crippen LogP) is 4.54. The molecule has 3 aromatic carbocycles. The highest BCUT2D eigenvalue weighted by molar-refractivity contribution is 7.93. The van der Waals surface area contributed by atoms with Crippen LogP contribution in [0.2, 0.25) is 0 Å². The van der Waals surface area contributed by atoms with E-state index < -0.39 is 15.9 Å². The van der Waals surface area contributed by atoms with E-state index in [-0.39, 0.29) is 4.90 Å². The molecule has 0 N–H and O–H groups in total. The molecule has 5 nitrogen and oxygen atoms in total. The van der Waals surface area contributed by atoms with E-state index in [2.05, 4.69) is 0 Å². The lowest BCUT2D eigenvalue weighted by Crippen LogP contribution is -2.36. The van der Waals surface area contributed by atoms with Gasteiger partial charge in [0.2, 0.25) is 0 Å². The van der Waals surface area contributed by atoms with Gasteiger partial charge in [-0.25, -0.2) is 8.42 Å². The van der Waals surface area contributed by atoms with Gasteiger partial charge < -0.3 is 4.74 Å². The zero-order valence-electron chi connectivity index (χ0n) is 15.9. The molecule has 0 aliphatic rings. The Balaban J connectivity index is 2.24. The van der Waals surface area contributed by atoms with E-state index in [1.807, 2.05) is 24.3 Å². The summed E-state index contributed by atoms with van der Waals surface area (Å²) in [6.07, 6.45) is 1.32. The summed E-state index contributed by atoms with van der Waals surface area (Å²) in [7, 11) is -2.63. The van der Waals surface area contributed by atoms with Crippen molar-refractivity contribution in [2.24, 2.45) is 0 Å². The predicted molar refractivity (Wildman–Crippen MR) is 111 cm³/mol. The first-order valence-electron chi connectivity index (χ1n) is 8.70. The van der Waals surface area contributed by atoms with Gasteiger partial charge in [-0.3, -0.25) is 4.79 Å². The fraction of sp³-hybridized carbons (Fsp3) is 0.136. The molecule has 28 heavy (non-hydrogen) atoms. The minimum absolute atomic E-state index is 0.0109. The number of fused-ring (bicyclic) bond motifs is 1. The van der Waals surface area contributed by atoms with Crippen LogP contribution in [0.1, 0.15) is 13.8 Å². The first kappa shape index (κ1) is 19.6. The van der Waals surface area contributed by atoms with Gasteiger partial charge in [0.1, 0.15) is 5.75 Å². The monoisotopic (exact) mass is 395 g/mol. The standard InChI is InChI=1S/C22H21NO4S/c1-16(2)15-22(24)23(21-10-6-8-17-7-4-5-9-20(17)21)28(25,26)19-13-11-18(27-3)12-14-19/h4-15H,1-3H3. The minimum Gasteiger partial charge on any atom is -0.497 e. The molecule has 0 spiro atoms. The Hall–Kier alpha value is -3.12. The van der Waals surface area contributed by atoms with Crippen molar-refractivity contribution in [3.8, 4) is 5.75 Å². The molecule has 0 radical (unpaired) electrons. The van der Waals surface area contributed by atoms with Crippen LogP contribution >= 0.6 is 0 Å². The number of hydrogen-bond acceptors (Lipinski definition) is 4. The van der Waals surface area contributed by atoms with E-state index in [1.54, 1.807) is 44.2 Å². The van der Waals surface area contributed by atoms with Crippen molar-refractivity contribution >= 4 is 32.4 Å². The topological polar surface area (TPSA) is 63.7 Å². The normalized spacial score (nSPS) is 11.1. The van der Waals surface area contributed by atoms with Crippen molar-refractivity contribution in [1.29, 1.82) is 0 Å². The maximum absolute atomic E-state index is 13.4. The number of anilines is 1. The van der Waals surface area contributed by atoms with E-state index in [0.717, 1.165) is 9.69 Å². The molecule has 1 amide bonds. The van der Waals surface area contributed by atoms with Crippen LogP contribution in [0.5, 0.6) is 5.75 Å². The van der Waals surface area contributed by atoms with Gasteiger partial charge in [0.05, 0.1) is 17.7 Å². The minimum atomic E-state index is -4.13. The van der Waals surface area contributed by atoms with E-state index >= 15 is 0 Å². The fourth-order valence-corrected chi connectivity index (χ4v) is 4.31. The summed E-state index contributed by atoms with van der Waals surface area (Å²) < 4.78 is 32.8. The lowest BCUT2D eigenvalue weighted by Gasteiger charge is -2.23. The first-order chi connectivity index (χ1) is 13.3. The number of amides is 1. The molecule has 0 heterocycles. The van der Waals surface area contributed by atoms with Gasteiger partial charge in [0, 0.05) is 11.5 Å². The number of rotatable bonds is 5. The van der Waals surface area contributed by atoms with Crippen LogP contribution in [0.3, 0.4) is 0 Å². The highest BCUT2D eigenvalue weighted by Gasteiger charge is 2.31. The molecule has 3 aromatic rings. The summed E-state index contributed by atoms with van der Waals surface area (Å²) in [6, 6.07) is 18.6. The maximum Gasteiger partial charge on any atom is 0.271 e. The van der Waals surface area contributed by atoms with Gasteiger partial charge in [0.15, 0.2) is 0 Å². The molecular weight excluding hydrogens is 374 g/mol. The van der Waals surface area contributed by atoms with E-state index in [4.69, 9.17) is 4.74 Å². The molecule has 0 aliphatic carbocycles. The smallest absolute Gasteiger partial charge is 0.271 e. The highest BCUT2D eigenvalue weighted by atomic mass is 32.2. The van der Waals surface area contributed by atoms with Crippen molar-refractivity contribution < 1.29 is 17.9 Å². The summed E-state index contributed by atoms with van der Waals surface area (Å²) >= 11 is 0. The summed E-state index contributed by atoms with van der Waals surface area (Å²) in [5.74, 6) is -0.0848. The van der Waals surface area contributed by atoms with Crippen LogP contribution in [0.15, 0.2) is 83.3 Å². The van der Waals surface area contributed by atoms with Gasteiger partial charge >= 0.3 is 0 Å². The lowest BCUT2D eigenvalue weighted by atomic mass is 10.1. The molecule has 0 saturated heterocycles. The average Bonchev–Trinajstić information content (AvgIpc) is 2.67. The van der Waals surface area contributed by atoms with Gasteiger partial charge in [0.25, 0.3) is 15.9 Å². The highest BCUT2D eigenvalue weighted by Crippen LogP contribution is 2.32. The van der Waals surface area contributed by atoms with Crippen LogP contribution in [-0.4, -0.2) is 21.4 Å². The first-order valence-corrected chi connectivity index (χ1v) is 10.1. The lowest BCUT2D eigenvalue weighted by molar-refractivity contribution is -0.113. The SMILES string of the molecule is COc1ccc(S(=O)(=O)N(C(=O)C=C(C)C)c2cccc3ccccc23)cc1. The van der Waals surface area contributed by atoms with Crippen LogP contribution in [0, 0.1) is 0 Å². The fourth-order valence-electron chi connectivity index (χ4n) is 2.91. The molecule has 0 unspecified atom stereocenters. The zero-order chi connectivity index (χ0) is 20.3.